The Kier molecular flexibility index (Phi) is 8.89. The fourth-order valence-electron chi connectivity index (χ4n) is 2.54. The average Bonchev–Trinajstić information content (AvgIpc) is 2.26. The lowest BCUT2D eigenvalue weighted by Gasteiger charge is -2.37. The van der Waals surface area contributed by atoms with Gasteiger partial charge in [0.1, 0.15) is 0 Å². The predicted octanol–water partition coefficient (Wildman–Crippen LogP) is 3.52. The van der Waals surface area contributed by atoms with Crippen molar-refractivity contribution in [3.8, 4) is 0 Å². The molecule has 1 unspecified atom stereocenters. The van der Waals surface area contributed by atoms with Gasteiger partial charge < -0.3 is 10.2 Å². The number of nitrogens with zero attached hydrogens (tertiary/aromatic N) is 1. The third kappa shape index (κ3) is 7.05. The molecule has 0 amide bonds. The molecule has 0 saturated heterocycles. The smallest absolute Gasteiger partial charge is 0.00501 e. The zero-order chi connectivity index (χ0) is 13.3. The van der Waals surface area contributed by atoms with Crippen LogP contribution in [0.1, 0.15) is 60.8 Å². The lowest BCUT2D eigenvalue weighted by atomic mass is 9.84. The highest BCUT2D eigenvalue weighted by Crippen LogP contribution is 2.24. The fraction of sp³-hybridized carbons (Fsp3) is 1.00. The largest absolute Gasteiger partial charge is 0.316 e. The monoisotopic (exact) mass is 242 g/mol. The van der Waals surface area contributed by atoms with Crippen molar-refractivity contribution in [1.82, 2.24) is 10.2 Å². The molecule has 0 radical (unpaired) electrons. The van der Waals surface area contributed by atoms with E-state index in [4.69, 9.17) is 0 Å². The first-order valence-corrected chi connectivity index (χ1v) is 7.43. The molecule has 0 aromatic rings. The van der Waals surface area contributed by atoms with Crippen LogP contribution in [0.3, 0.4) is 0 Å². The molecule has 2 heteroatoms. The minimum Gasteiger partial charge on any atom is -0.316 e. The van der Waals surface area contributed by atoms with Gasteiger partial charge in [0.25, 0.3) is 0 Å². The Bertz CT molecular complexity index is 180. The van der Waals surface area contributed by atoms with Crippen molar-refractivity contribution in [2.24, 2.45) is 5.41 Å². The molecular formula is C15H34N2. The van der Waals surface area contributed by atoms with Crippen molar-refractivity contribution < 1.29 is 0 Å². The Balaban J connectivity index is 4.35. The Morgan fingerprint density at radius 2 is 1.76 bits per heavy atom. The van der Waals surface area contributed by atoms with E-state index < -0.39 is 0 Å². The summed E-state index contributed by atoms with van der Waals surface area (Å²) in [6.45, 7) is 18.5. The maximum atomic E-state index is 3.60. The molecule has 1 N–H and O–H groups in total. The van der Waals surface area contributed by atoms with E-state index in [0.29, 0.717) is 11.5 Å². The van der Waals surface area contributed by atoms with Crippen molar-refractivity contribution >= 4 is 0 Å². The Labute approximate surface area is 109 Å². The summed E-state index contributed by atoms with van der Waals surface area (Å²) in [5.74, 6) is 0. The third-order valence-electron chi connectivity index (χ3n) is 3.55. The summed E-state index contributed by atoms with van der Waals surface area (Å²) in [4.78, 5) is 2.59. The molecule has 17 heavy (non-hydrogen) atoms. The van der Waals surface area contributed by atoms with Gasteiger partial charge in [0.2, 0.25) is 0 Å². The van der Waals surface area contributed by atoms with E-state index in [2.05, 4.69) is 51.8 Å². The van der Waals surface area contributed by atoms with E-state index >= 15 is 0 Å². The molecule has 0 aliphatic rings. The summed E-state index contributed by atoms with van der Waals surface area (Å²) in [6, 6.07) is 0.655. The zero-order valence-electron chi connectivity index (χ0n) is 13.0. The molecule has 0 heterocycles. The number of hydrogen-bond acceptors (Lipinski definition) is 2. The van der Waals surface area contributed by atoms with Crippen molar-refractivity contribution in [3.05, 3.63) is 0 Å². The summed E-state index contributed by atoms with van der Waals surface area (Å²) in [5.41, 5.74) is 0.421. The second kappa shape index (κ2) is 8.93. The minimum atomic E-state index is 0.421. The first-order chi connectivity index (χ1) is 7.99. The summed E-state index contributed by atoms with van der Waals surface area (Å²) < 4.78 is 0. The van der Waals surface area contributed by atoms with E-state index in [-0.39, 0.29) is 0 Å². The summed E-state index contributed by atoms with van der Waals surface area (Å²) in [6.07, 6.45) is 3.82. The SMILES string of the molecule is CCCNCC(C)(CCC)CN(CC)C(C)C. The molecule has 0 aliphatic carbocycles. The highest BCUT2D eigenvalue weighted by molar-refractivity contribution is 4.81. The Hall–Kier alpha value is -0.0800. The standard InChI is InChI=1S/C15H34N2/c1-7-10-15(6,12-16-11-8-2)13-17(9-3)14(4)5/h14,16H,7-13H2,1-6H3. The Morgan fingerprint density at radius 3 is 2.18 bits per heavy atom. The van der Waals surface area contributed by atoms with Crippen molar-refractivity contribution in [3.63, 3.8) is 0 Å². The van der Waals surface area contributed by atoms with Gasteiger partial charge in [0.05, 0.1) is 0 Å². The van der Waals surface area contributed by atoms with Crippen molar-refractivity contribution in [1.29, 1.82) is 0 Å². The fourth-order valence-corrected chi connectivity index (χ4v) is 2.54. The number of rotatable bonds is 10. The number of hydrogen-bond donors (Lipinski definition) is 1. The lowest BCUT2D eigenvalue weighted by Crippen LogP contribution is -2.45. The Morgan fingerprint density at radius 1 is 1.12 bits per heavy atom. The number of nitrogens with one attached hydrogen (secondary N) is 1. The molecule has 0 rings (SSSR count). The summed E-state index contributed by atoms with van der Waals surface area (Å²) in [5, 5.41) is 3.60. The van der Waals surface area contributed by atoms with Crippen molar-refractivity contribution in [2.75, 3.05) is 26.2 Å². The van der Waals surface area contributed by atoms with Crippen LogP contribution < -0.4 is 5.32 Å². The molecule has 0 saturated carbocycles. The van der Waals surface area contributed by atoms with Gasteiger partial charge in [0, 0.05) is 19.1 Å². The maximum Gasteiger partial charge on any atom is 0.00501 e. The van der Waals surface area contributed by atoms with E-state index in [1.54, 1.807) is 0 Å². The topological polar surface area (TPSA) is 15.3 Å². The van der Waals surface area contributed by atoms with Gasteiger partial charge in [-0.2, -0.15) is 0 Å². The van der Waals surface area contributed by atoms with Gasteiger partial charge in [-0.25, -0.2) is 0 Å². The van der Waals surface area contributed by atoms with Crippen LogP contribution in [0.5, 0.6) is 0 Å². The van der Waals surface area contributed by atoms with Crippen LogP contribution in [-0.2, 0) is 0 Å². The third-order valence-corrected chi connectivity index (χ3v) is 3.55. The molecule has 0 aliphatic heterocycles. The van der Waals surface area contributed by atoms with Gasteiger partial charge in [-0.05, 0) is 45.2 Å². The highest BCUT2D eigenvalue weighted by Gasteiger charge is 2.26. The second-order valence-electron chi connectivity index (χ2n) is 5.89. The second-order valence-corrected chi connectivity index (χ2v) is 5.89. The van der Waals surface area contributed by atoms with Gasteiger partial charge in [0.15, 0.2) is 0 Å². The van der Waals surface area contributed by atoms with E-state index in [9.17, 15) is 0 Å². The minimum absolute atomic E-state index is 0.421. The normalized spacial score (nSPS) is 15.5. The summed E-state index contributed by atoms with van der Waals surface area (Å²) >= 11 is 0. The van der Waals surface area contributed by atoms with Gasteiger partial charge in [-0.1, -0.05) is 34.1 Å². The van der Waals surface area contributed by atoms with E-state index in [1.807, 2.05) is 0 Å². The predicted molar refractivity (Wildman–Crippen MR) is 78.6 cm³/mol. The van der Waals surface area contributed by atoms with E-state index in [0.717, 1.165) is 19.6 Å². The van der Waals surface area contributed by atoms with Crippen LogP contribution in [-0.4, -0.2) is 37.1 Å². The molecule has 2 nitrogen and oxygen atoms in total. The molecule has 0 spiro atoms. The molecule has 104 valence electrons. The first-order valence-electron chi connectivity index (χ1n) is 7.43. The summed E-state index contributed by atoms with van der Waals surface area (Å²) in [7, 11) is 0. The van der Waals surface area contributed by atoms with E-state index in [1.165, 1.54) is 25.8 Å². The van der Waals surface area contributed by atoms with Crippen LogP contribution in [0, 0.1) is 5.41 Å². The molecule has 0 fully saturated rings. The molecule has 0 aromatic carbocycles. The van der Waals surface area contributed by atoms with Crippen LogP contribution in [0.4, 0.5) is 0 Å². The van der Waals surface area contributed by atoms with Crippen LogP contribution in [0.25, 0.3) is 0 Å². The lowest BCUT2D eigenvalue weighted by molar-refractivity contribution is 0.128. The molecule has 0 aromatic heterocycles. The average molecular weight is 242 g/mol. The maximum absolute atomic E-state index is 3.60. The molecule has 0 bridgehead atoms. The van der Waals surface area contributed by atoms with Crippen LogP contribution in [0.2, 0.25) is 0 Å². The highest BCUT2D eigenvalue weighted by atomic mass is 15.1. The van der Waals surface area contributed by atoms with Crippen LogP contribution >= 0.6 is 0 Å². The molecular weight excluding hydrogens is 208 g/mol. The van der Waals surface area contributed by atoms with Gasteiger partial charge >= 0.3 is 0 Å². The van der Waals surface area contributed by atoms with Gasteiger partial charge in [-0.3, -0.25) is 0 Å². The van der Waals surface area contributed by atoms with Crippen LogP contribution in [0.15, 0.2) is 0 Å². The first kappa shape index (κ1) is 16.9. The van der Waals surface area contributed by atoms with Gasteiger partial charge in [-0.15, -0.1) is 0 Å². The molecule has 1 atom stereocenters. The quantitative estimate of drug-likeness (QED) is 0.590. The van der Waals surface area contributed by atoms with Crippen molar-refractivity contribution in [2.45, 2.75) is 66.8 Å². The zero-order valence-corrected chi connectivity index (χ0v) is 13.0.